The maximum absolute atomic E-state index is 10.7. The molecule has 0 aromatic heterocycles. The number of hydrogen-bond donors (Lipinski definition) is 7. The molecule has 2 bridgehead atoms. The molecule has 12 atom stereocenters. The summed E-state index contributed by atoms with van der Waals surface area (Å²) >= 11 is 0. The van der Waals surface area contributed by atoms with Gasteiger partial charge in [0.05, 0.1) is 32.0 Å². The molecule has 4 fully saturated rings. The SMILES string of the molecule is CC1(C)C2CC(O)C1(C)C(OC1OC(COC3OCC(O)(CO)C3O)C(O)C(O)C1O)C2. The summed E-state index contributed by atoms with van der Waals surface area (Å²) in [4.78, 5) is 0. The van der Waals surface area contributed by atoms with Crippen molar-refractivity contribution < 1.29 is 54.7 Å². The topological polar surface area (TPSA) is 179 Å². The summed E-state index contributed by atoms with van der Waals surface area (Å²) in [5.74, 6) is 0.245. The van der Waals surface area contributed by atoms with Gasteiger partial charge in [0.1, 0.15) is 36.1 Å². The Balaban J connectivity index is 1.41. The Morgan fingerprint density at radius 1 is 0.938 bits per heavy atom. The molecule has 0 amide bonds. The minimum absolute atomic E-state index is 0.184. The molecule has 186 valence electrons. The Morgan fingerprint density at radius 2 is 1.62 bits per heavy atom. The second kappa shape index (κ2) is 8.35. The van der Waals surface area contributed by atoms with E-state index >= 15 is 0 Å². The van der Waals surface area contributed by atoms with Crippen LogP contribution in [0.3, 0.4) is 0 Å². The van der Waals surface area contributed by atoms with Crippen molar-refractivity contribution >= 4 is 0 Å². The summed E-state index contributed by atoms with van der Waals surface area (Å²) in [6.45, 7) is 4.73. The monoisotopic (exact) mass is 464 g/mol. The highest BCUT2D eigenvalue weighted by molar-refractivity contribution is 5.15. The molecular formula is C21H36O11. The van der Waals surface area contributed by atoms with Crippen molar-refractivity contribution in [3.63, 3.8) is 0 Å². The summed E-state index contributed by atoms with van der Waals surface area (Å²) in [5.41, 5.74) is -2.61. The summed E-state index contributed by atoms with van der Waals surface area (Å²) in [6.07, 6.45) is -9.41. The largest absolute Gasteiger partial charge is 0.393 e. The van der Waals surface area contributed by atoms with Gasteiger partial charge in [-0.2, -0.15) is 0 Å². The Kier molecular flexibility index (Phi) is 6.44. The van der Waals surface area contributed by atoms with Crippen molar-refractivity contribution in [1.29, 1.82) is 0 Å². The van der Waals surface area contributed by atoms with E-state index in [0.717, 1.165) is 0 Å². The summed E-state index contributed by atoms with van der Waals surface area (Å²) in [7, 11) is 0. The zero-order valence-corrected chi connectivity index (χ0v) is 18.6. The van der Waals surface area contributed by atoms with Crippen LogP contribution in [-0.4, -0.2) is 116 Å². The molecule has 2 saturated heterocycles. The van der Waals surface area contributed by atoms with Crippen LogP contribution in [0.1, 0.15) is 33.6 Å². The molecule has 12 unspecified atom stereocenters. The van der Waals surface area contributed by atoms with Gasteiger partial charge in [0.15, 0.2) is 12.6 Å². The van der Waals surface area contributed by atoms with Gasteiger partial charge in [-0.05, 0) is 24.2 Å². The number of fused-ring (bicyclic) bond motifs is 2. The van der Waals surface area contributed by atoms with Crippen molar-refractivity contribution in [3.8, 4) is 0 Å². The molecule has 2 heterocycles. The van der Waals surface area contributed by atoms with Gasteiger partial charge in [-0.1, -0.05) is 20.8 Å². The van der Waals surface area contributed by atoms with E-state index in [1.165, 1.54) is 0 Å². The van der Waals surface area contributed by atoms with E-state index in [-0.39, 0.29) is 24.5 Å². The predicted octanol–water partition coefficient (Wildman–Crippen LogP) is -2.55. The minimum atomic E-state index is -1.86. The second-order valence-electron chi connectivity index (χ2n) is 10.5. The van der Waals surface area contributed by atoms with E-state index in [1.54, 1.807) is 0 Å². The van der Waals surface area contributed by atoms with Crippen LogP contribution < -0.4 is 0 Å². The Labute approximate surface area is 186 Å². The molecule has 32 heavy (non-hydrogen) atoms. The zero-order chi connectivity index (χ0) is 23.6. The first-order chi connectivity index (χ1) is 14.9. The third-order valence-electron chi connectivity index (χ3n) is 8.75. The first-order valence-electron chi connectivity index (χ1n) is 11.1. The lowest BCUT2D eigenvalue weighted by Crippen LogP contribution is -2.61. The molecule has 2 aliphatic carbocycles. The van der Waals surface area contributed by atoms with Crippen molar-refractivity contribution in [2.24, 2.45) is 16.7 Å². The highest BCUT2D eigenvalue weighted by Gasteiger charge is 2.67. The molecule has 2 saturated carbocycles. The van der Waals surface area contributed by atoms with E-state index in [9.17, 15) is 35.7 Å². The average Bonchev–Trinajstić information content (AvgIpc) is 3.21. The number of hydrogen-bond acceptors (Lipinski definition) is 11. The van der Waals surface area contributed by atoms with Gasteiger partial charge in [-0.3, -0.25) is 0 Å². The quantitative estimate of drug-likeness (QED) is 0.220. The van der Waals surface area contributed by atoms with Crippen LogP contribution in [0.5, 0.6) is 0 Å². The molecule has 0 radical (unpaired) electrons. The van der Waals surface area contributed by atoms with Crippen LogP contribution in [0.2, 0.25) is 0 Å². The van der Waals surface area contributed by atoms with E-state index in [4.69, 9.17) is 18.9 Å². The lowest BCUT2D eigenvalue weighted by atomic mass is 9.69. The molecule has 4 aliphatic rings. The van der Waals surface area contributed by atoms with Crippen molar-refractivity contribution in [2.75, 3.05) is 19.8 Å². The highest BCUT2D eigenvalue weighted by atomic mass is 16.7. The average molecular weight is 465 g/mol. The molecule has 0 spiro atoms. The van der Waals surface area contributed by atoms with Crippen LogP contribution in [0.4, 0.5) is 0 Å². The fraction of sp³-hybridized carbons (Fsp3) is 1.00. The lowest BCUT2D eigenvalue weighted by Gasteiger charge is -2.46. The molecule has 0 aromatic carbocycles. The molecule has 0 aromatic rings. The molecule has 11 nitrogen and oxygen atoms in total. The predicted molar refractivity (Wildman–Crippen MR) is 106 cm³/mol. The molecule has 4 rings (SSSR count). The third kappa shape index (κ3) is 3.54. The zero-order valence-electron chi connectivity index (χ0n) is 18.6. The summed E-state index contributed by atoms with van der Waals surface area (Å²) < 4.78 is 22.4. The van der Waals surface area contributed by atoms with Gasteiger partial charge in [-0.25, -0.2) is 0 Å². The van der Waals surface area contributed by atoms with E-state index in [1.807, 2.05) is 6.92 Å². The normalized spacial score (nSPS) is 54.9. The standard InChI is InChI=1S/C21H36O11/c1-19(2)9-4-11(23)20(19,3)12(5-9)32-17-15(26)14(25)13(24)10(31-17)6-29-18-16(27)21(28,7-22)8-30-18/h9-18,22-28H,4-8H2,1-3H3. The van der Waals surface area contributed by atoms with Crippen LogP contribution in [0.15, 0.2) is 0 Å². The fourth-order valence-electron chi connectivity index (χ4n) is 5.85. The van der Waals surface area contributed by atoms with Crippen LogP contribution in [-0.2, 0) is 18.9 Å². The Bertz CT molecular complexity index is 691. The van der Waals surface area contributed by atoms with Crippen molar-refractivity contribution in [2.45, 2.75) is 94.5 Å². The van der Waals surface area contributed by atoms with Gasteiger partial charge in [0.25, 0.3) is 0 Å². The van der Waals surface area contributed by atoms with Gasteiger partial charge < -0.3 is 54.7 Å². The summed E-state index contributed by atoms with van der Waals surface area (Å²) in [5, 5.41) is 71.2. The molecular weight excluding hydrogens is 428 g/mol. The van der Waals surface area contributed by atoms with E-state index < -0.39 is 72.9 Å². The van der Waals surface area contributed by atoms with Gasteiger partial charge in [0.2, 0.25) is 0 Å². The number of ether oxygens (including phenoxy) is 4. The van der Waals surface area contributed by atoms with Crippen LogP contribution >= 0.6 is 0 Å². The molecule has 11 heteroatoms. The van der Waals surface area contributed by atoms with Crippen molar-refractivity contribution in [1.82, 2.24) is 0 Å². The maximum atomic E-state index is 10.7. The van der Waals surface area contributed by atoms with Gasteiger partial charge in [0, 0.05) is 5.41 Å². The Morgan fingerprint density at radius 3 is 2.19 bits per heavy atom. The first-order valence-corrected chi connectivity index (χ1v) is 11.1. The van der Waals surface area contributed by atoms with E-state index in [0.29, 0.717) is 12.8 Å². The van der Waals surface area contributed by atoms with Crippen molar-refractivity contribution in [3.05, 3.63) is 0 Å². The third-order valence-corrected chi connectivity index (χ3v) is 8.75. The van der Waals surface area contributed by atoms with Crippen LogP contribution in [0.25, 0.3) is 0 Å². The number of aliphatic hydroxyl groups excluding tert-OH is 6. The van der Waals surface area contributed by atoms with Gasteiger partial charge in [-0.15, -0.1) is 0 Å². The lowest BCUT2D eigenvalue weighted by molar-refractivity contribution is -0.328. The molecule has 7 N–H and O–H groups in total. The Hall–Kier alpha value is -0.440. The summed E-state index contributed by atoms with van der Waals surface area (Å²) in [6, 6.07) is 0. The second-order valence-corrected chi connectivity index (χ2v) is 10.5. The van der Waals surface area contributed by atoms with Crippen LogP contribution in [0, 0.1) is 16.7 Å². The number of aliphatic hydroxyl groups is 7. The minimum Gasteiger partial charge on any atom is -0.393 e. The fourth-order valence-corrected chi connectivity index (χ4v) is 5.85. The van der Waals surface area contributed by atoms with E-state index in [2.05, 4.69) is 13.8 Å². The highest BCUT2D eigenvalue weighted by Crippen LogP contribution is 2.66. The smallest absolute Gasteiger partial charge is 0.186 e. The maximum Gasteiger partial charge on any atom is 0.186 e. The molecule has 2 aliphatic heterocycles. The number of rotatable bonds is 6. The first kappa shape index (κ1) is 24.7. The van der Waals surface area contributed by atoms with Gasteiger partial charge >= 0.3 is 0 Å².